The fraction of sp³-hybridized carbons (Fsp3) is 0. The third-order valence-corrected chi connectivity index (χ3v) is 4.21. The van der Waals surface area contributed by atoms with Crippen LogP contribution in [0.4, 0.5) is 4.39 Å². The summed E-state index contributed by atoms with van der Waals surface area (Å²) >= 11 is 11.9. The van der Waals surface area contributed by atoms with Crippen molar-refractivity contribution in [2.24, 2.45) is 0 Å². The van der Waals surface area contributed by atoms with E-state index < -0.39 is 11.8 Å². The minimum Gasteiger partial charge on any atom is -0.478 e. The van der Waals surface area contributed by atoms with Crippen molar-refractivity contribution in [3.63, 3.8) is 0 Å². The summed E-state index contributed by atoms with van der Waals surface area (Å²) in [5.74, 6) is -1.26. The normalized spacial score (nSPS) is 11.1. The van der Waals surface area contributed by atoms with Crippen LogP contribution in [0.3, 0.4) is 0 Å². The van der Waals surface area contributed by atoms with E-state index in [1.54, 1.807) is 6.07 Å². The van der Waals surface area contributed by atoms with Crippen LogP contribution in [0.5, 0.6) is 11.5 Å². The number of carboxylic acid groups (broad SMARTS) is 1. The van der Waals surface area contributed by atoms with Crippen LogP contribution in [-0.2, 0) is 0 Å². The molecule has 0 aliphatic heterocycles. The van der Waals surface area contributed by atoms with Gasteiger partial charge >= 0.3 is 5.97 Å². The Hall–Kier alpha value is -3.10. The molecule has 4 rings (SSSR count). The maximum atomic E-state index is 13.9. The van der Waals surface area contributed by atoms with Gasteiger partial charge in [-0.25, -0.2) is 18.9 Å². The van der Waals surface area contributed by atoms with Gasteiger partial charge in [-0.15, -0.1) is 0 Å². The van der Waals surface area contributed by atoms with Crippen LogP contribution >= 0.6 is 23.2 Å². The predicted octanol–water partition coefficient (Wildman–Crippen LogP) is 4.69. The lowest BCUT2D eigenvalue weighted by Crippen LogP contribution is -1.97. The first-order valence-corrected chi connectivity index (χ1v) is 8.27. The smallest absolute Gasteiger partial charge is 0.338 e. The number of hydrogen-bond acceptors (Lipinski definition) is 4. The fourth-order valence-electron chi connectivity index (χ4n) is 2.41. The fourth-order valence-corrected chi connectivity index (χ4v) is 2.77. The number of ether oxygens (including phenoxy) is 1. The van der Waals surface area contributed by atoms with E-state index in [0.29, 0.717) is 17.0 Å². The minimum atomic E-state index is -1.10. The Kier molecular flexibility index (Phi) is 4.21. The molecule has 0 radical (unpaired) electrons. The van der Waals surface area contributed by atoms with Crippen molar-refractivity contribution >= 4 is 40.2 Å². The van der Waals surface area contributed by atoms with E-state index in [1.807, 2.05) is 0 Å². The number of halogens is 3. The van der Waals surface area contributed by atoms with E-state index in [1.165, 1.54) is 35.3 Å². The number of hydrogen-bond donors (Lipinski definition) is 2. The van der Waals surface area contributed by atoms with Crippen LogP contribution in [0.2, 0.25) is 10.0 Å². The molecule has 2 aromatic heterocycles. The topological polar surface area (TPSA) is 93.0 Å². The van der Waals surface area contributed by atoms with Gasteiger partial charge in [0.15, 0.2) is 11.6 Å². The maximum Gasteiger partial charge on any atom is 0.338 e. The number of aromatic amines is 1. The molecule has 2 heterocycles. The third kappa shape index (κ3) is 3.32. The van der Waals surface area contributed by atoms with Gasteiger partial charge in [-0.05, 0) is 24.3 Å². The Morgan fingerprint density at radius 2 is 2.04 bits per heavy atom. The molecule has 4 aromatic rings. The molecular weight excluding hydrogens is 398 g/mol. The van der Waals surface area contributed by atoms with Gasteiger partial charge in [-0.2, -0.15) is 5.10 Å². The van der Waals surface area contributed by atoms with Gasteiger partial charge in [-0.1, -0.05) is 23.2 Å². The van der Waals surface area contributed by atoms with Gasteiger partial charge in [0.05, 0.1) is 27.8 Å². The van der Waals surface area contributed by atoms with Crippen molar-refractivity contribution in [3.8, 4) is 17.4 Å². The molecule has 0 spiro atoms. The Morgan fingerprint density at radius 3 is 2.74 bits per heavy atom. The molecule has 0 saturated carbocycles. The Bertz CT molecular complexity index is 1190. The molecule has 0 unspecified atom stereocenters. The number of carbonyl (C=O) groups is 1. The second kappa shape index (κ2) is 6.57. The van der Waals surface area contributed by atoms with Gasteiger partial charge in [0.1, 0.15) is 5.75 Å². The summed E-state index contributed by atoms with van der Waals surface area (Å²) in [6.07, 6.45) is 2.53. The zero-order valence-corrected chi connectivity index (χ0v) is 14.8. The Morgan fingerprint density at radius 1 is 1.22 bits per heavy atom. The number of aromatic carboxylic acids is 1. The molecule has 2 aromatic carbocycles. The van der Waals surface area contributed by atoms with E-state index in [-0.39, 0.29) is 27.1 Å². The number of benzene rings is 2. The number of nitrogens with one attached hydrogen (secondary N) is 1. The number of imidazole rings is 1. The van der Waals surface area contributed by atoms with Crippen LogP contribution in [0.25, 0.3) is 17.0 Å². The van der Waals surface area contributed by atoms with Crippen LogP contribution in [-0.4, -0.2) is 30.8 Å². The molecule has 136 valence electrons. The molecule has 0 amide bonds. The van der Waals surface area contributed by atoms with Crippen molar-refractivity contribution in [3.05, 3.63) is 64.2 Å². The Labute approximate surface area is 160 Å². The first-order valence-electron chi connectivity index (χ1n) is 7.51. The SMILES string of the molecule is O=C(O)c1cnn(-c2nc3cc(Oc4ccc(Cl)cc4F)c(Cl)cc3[nH]2)c1. The molecule has 0 saturated heterocycles. The van der Waals surface area contributed by atoms with Crippen LogP contribution in [0.1, 0.15) is 10.4 Å². The summed E-state index contributed by atoms with van der Waals surface area (Å²) in [4.78, 5) is 18.3. The summed E-state index contributed by atoms with van der Waals surface area (Å²) in [7, 11) is 0. The van der Waals surface area contributed by atoms with E-state index in [2.05, 4.69) is 15.1 Å². The second-order valence-electron chi connectivity index (χ2n) is 5.52. The number of fused-ring (bicyclic) bond motifs is 1. The number of nitrogens with zero attached hydrogens (tertiary/aromatic N) is 3. The number of aromatic nitrogens is 4. The van der Waals surface area contributed by atoms with Crippen LogP contribution < -0.4 is 4.74 Å². The summed E-state index contributed by atoms with van der Waals surface area (Å²) < 4.78 is 20.8. The zero-order chi connectivity index (χ0) is 19.1. The van der Waals surface area contributed by atoms with Gasteiger partial charge in [0.2, 0.25) is 5.95 Å². The molecule has 0 aliphatic carbocycles. The van der Waals surface area contributed by atoms with E-state index in [9.17, 15) is 9.18 Å². The zero-order valence-electron chi connectivity index (χ0n) is 13.3. The average Bonchev–Trinajstić information content (AvgIpc) is 3.24. The number of H-pyrrole nitrogens is 1. The number of carboxylic acids is 1. The van der Waals surface area contributed by atoms with Crippen LogP contribution in [0.15, 0.2) is 42.7 Å². The third-order valence-electron chi connectivity index (χ3n) is 3.68. The van der Waals surface area contributed by atoms with Crippen molar-refractivity contribution < 1.29 is 19.0 Å². The van der Waals surface area contributed by atoms with E-state index in [0.717, 1.165) is 6.07 Å². The van der Waals surface area contributed by atoms with Gasteiger partial charge in [-0.3, -0.25) is 0 Å². The lowest BCUT2D eigenvalue weighted by Gasteiger charge is -2.08. The lowest BCUT2D eigenvalue weighted by molar-refractivity contribution is 0.0697. The molecule has 0 fully saturated rings. The monoisotopic (exact) mass is 406 g/mol. The molecule has 0 bridgehead atoms. The highest BCUT2D eigenvalue weighted by atomic mass is 35.5. The first kappa shape index (κ1) is 17.3. The molecular formula is C17H9Cl2FN4O3. The summed E-state index contributed by atoms with van der Waals surface area (Å²) in [5, 5.41) is 13.4. The quantitative estimate of drug-likeness (QED) is 0.512. The predicted molar refractivity (Wildman–Crippen MR) is 96.7 cm³/mol. The lowest BCUT2D eigenvalue weighted by atomic mass is 10.3. The minimum absolute atomic E-state index is 0.0238. The highest BCUT2D eigenvalue weighted by Gasteiger charge is 2.14. The van der Waals surface area contributed by atoms with E-state index in [4.69, 9.17) is 33.0 Å². The highest BCUT2D eigenvalue weighted by molar-refractivity contribution is 6.32. The molecule has 10 heteroatoms. The van der Waals surface area contributed by atoms with Gasteiger partial charge in [0, 0.05) is 17.3 Å². The Balaban J connectivity index is 1.71. The molecule has 0 atom stereocenters. The molecule has 27 heavy (non-hydrogen) atoms. The van der Waals surface area contributed by atoms with Crippen molar-refractivity contribution in [2.75, 3.05) is 0 Å². The van der Waals surface area contributed by atoms with Crippen molar-refractivity contribution in [2.45, 2.75) is 0 Å². The summed E-state index contributed by atoms with van der Waals surface area (Å²) in [6.45, 7) is 0. The summed E-state index contributed by atoms with van der Waals surface area (Å²) in [5.41, 5.74) is 1.08. The van der Waals surface area contributed by atoms with E-state index >= 15 is 0 Å². The molecule has 0 aliphatic rings. The van der Waals surface area contributed by atoms with Crippen LogP contribution in [0, 0.1) is 5.82 Å². The second-order valence-corrected chi connectivity index (χ2v) is 6.36. The van der Waals surface area contributed by atoms with Crippen molar-refractivity contribution in [1.29, 1.82) is 0 Å². The molecule has 2 N–H and O–H groups in total. The summed E-state index contributed by atoms with van der Waals surface area (Å²) in [6, 6.07) is 7.13. The molecule has 7 nitrogen and oxygen atoms in total. The van der Waals surface area contributed by atoms with Crippen molar-refractivity contribution in [1.82, 2.24) is 19.7 Å². The number of rotatable bonds is 4. The largest absolute Gasteiger partial charge is 0.478 e. The van der Waals surface area contributed by atoms with Gasteiger partial charge < -0.3 is 14.8 Å². The average molecular weight is 407 g/mol. The van der Waals surface area contributed by atoms with Gasteiger partial charge in [0.25, 0.3) is 0 Å². The first-order chi connectivity index (χ1) is 12.9. The maximum absolute atomic E-state index is 13.9. The highest BCUT2D eigenvalue weighted by Crippen LogP contribution is 2.34. The standard InChI is InChI=1S/C17H9Cl2FN4O3/c18-9-1-2-14(11(20)3-9)27-15-5-13-12(4-10(15)19)22-17(23-13)24-7-8(6-21-24)16(25)26/h1-7H,(H,22,23)(H,25,26).